The topological polar surface area (TPSA) is 89.2 Å². The molecule has 0 saturated carbocycles. The maximum absolute atomic E-state index is 12.5. The van der Waals surface area contributed by atoms with Crippen LogP contribution in [-0.2, 0) is 22.2 Å². The highest BCUT2D eigenvalue weighted by molar-refractivity contribution is 7.98. The molecule has 2 aromatic carbocycles. The third-order valence-corrected chi connectivity index (χ3v) is 7.42. The summed E-state index contributed by atoms with van der Waals surface area (Å²) in [6.07, 6.45) is 0.359. The number of thioether (sulfide) groups is 1. The molecule has 1 N–H and O–H groups in total. The lowest BCUT2D eigenvalue weighted by Gasteiger charge is -2.07. The summed E-state index contributed by atoms with van der Waals surface area (Å²) in [4.78, 5) is 0.237. The van der Waals surface area contributed by atoms with E-state index >= 15 is 0 Å². The summed E-state index contributed by atoms with van der Waals surface area (Å²) >= 11 is 7.78. The van der Waals surface area contributed by atoms with Gasteiger partial charge in [-0.05, 0) is 42.8 Å². The monoisotopic (exact) mass is 473 g/mol. The number of nitrogens with one attached hydrogen (secondary N) is 1. The highest BCUT2D eigenvalue weighted by atomic mass is 35.5. The third-order valence-electron chi connectivity index (χ3n) is 4.61. The Morgan fingerprint density at radius 3 is 2.58 bits per heavy atom. The Labute approximate surface area is 189 Å². The van der Waals surface area contributed by atoms with E-state index in [1.165, 1.54) is 0 Å². The van der Waals surface area contributed by atoms with Gasteiger partial charge in [-0.15, -0.1) is 10.2 Å². The van der Waals surface area contributed by atoms with Crippen molar-refractivity contribution in [2.75, 3.05) is 6.54 Å². The number of sulfonamides is 1. The van der Waals surface area contributed by atoms with Gasteiger partial charge in [-0.3, -0.25) is 0 Å². The molecule has 0 radical (unpaired) electrons. The average Bonchev–Trinajstić information content (AvgIpc) is 3.16. The van der Waals surface area contributed by atoms with Gasteiger partial charge in [0.05, 0.1) is 4.90 Å². The van der Waals surface area contributed by atoms with Gasteiger partial charge in [0.1, 0.15) is 5.03 Å². The van der Waals surface area contributed by atoms with Gasteiger partial charge < -0.3 is 0 Å². The molecule has 0 saturated heterocycles. The number of nitrogens with zero attached hydrogens (tertiary/aromatic N) is 4. The van der Waals surface area contributed by atoms with E-state index < -0.39 is 10.0 Å². The van der Waals surface area contributed by atoms with Gasteiger partial charge in [0.2, 0.25) is 10.0 Å². The van der Waals surface area contributed by atoms with E-state index in [1.54, 1.807) is 40.5 Å². The molecule has 31 heavy (non-hydrogen) atoms. The van der Waals surface area contributed by atoms with Crippen molar-refractivity contribution in [3.05, 3.63) is 82.6 Å². The van der Waals surface area contributed by atoms with Crippen molar-refractivity contribution in [1.29, 1.82) is 0 Å². The normalized spacial score (nSPS) is 11.8. The van der Waals surface area contributed by atoms with E-state index in [-0.39, 0.29) is 11.4 Å². The molecule has 4 aromatic rings. The highest BCUT2D eigenvalue weighted by Gasteiger charge is 2.15. The quantitative estimate of drug-likeness (QED) is 0.390. The van der Waals surface area contributed by atoms with Gasteiger partial charge in [0, 0.05) is 23.7 Å². The van der Waals surface area contributed by atoms with Crippen LogP contribution >= 0.6 is 23.4 Å². The Morgan fingerprint density at radius 2 is 1.81 bits per heavy atom. The Bertz CT molecular complexity index is 1310. The van der Waals surface area contributed by atoms with Crippen molar-refractivity contribution in [3.8, 4) is 0 Å². The van der Waals surface area contributed by atoms with Crippen LogP contribution in [0.2, 0.25) is 5.02 Å². The van der Waals surface area contributed by atoms with Gasteiger partial charge in [0.25, 0.3) is 0 Å². The van der Waals surface area contributed by atoms with Crippen LogP contribution in [0, 0.1) is 6.92 Å². The predicted molar refractivity (Wildman–Crippen MR) is 122 cm³/mol. The first-order valence-electron chi connectivity index (χ1n) is 9.56. The Hall–Kier alpha value is -2.46. The SMILES string of the molecule is Cc1ccc(S(=O)(=O)NCCc2nnc3ccc(SCc4ccccc4Cl)nn23)cc1. The second-order valence-corrected chi connectivity index (χ2v) is 10.1. The molecule has 0 fully saturated rings. The Balaban J connectivity index is 1.43. The molecule has 160 valence electrons. The van der Waals surface area contributed by atoms with Crippen LogP contribution in [0.25, 0.3) is 5.65 Å². The van der Waals surface area contributed by atoms with Crippen molar-refractivity contribution >= 4 is 39.0 Å². The van der Waals surface area contributed by atoms with Crippen molar-refractivity contribution in [3.63, 3.8) is 0 Å². The van der Waals surface area contributed by atoms with Crippen LogP contribution in [0.4, 0.5) is 0 Å². The smallest absolute Gasteiger partial charge is 0.211 e. The largest absolute Gasteiger partial charge is 0.240 e. The number of hydrogen-bond acceptors (Lipinski definition) is 6. The zero-order valence-electron chi connectivity index (χ0n) is 16.7. The van der Waals surface area contributed by atoms with Gasteiger partial charge in [-0.2, -0.15) is 9.61 Å². The van der Waals surface area contributed by atoms with Gasteiger partial charge >= 0.3 is 0 Å². The number of benzene rings is 2. The molecule has 0 amide bonds. The lowest BCUT2D eigenvalue weighted by Crippen LogP contribution is -2.26. The van der Waals surface area contributed by atoms with Crippen molar-refractivity contribution in [2.24, 2.45) is 0 Å². The molecular weight excluding hydrogens is 454 g/mol. The summed E-state index contributed by atoms with van der Waals surface area (Å²) in [6, 6.07) is 18.2. The van der Waals surface area contributed by atoms with Crippen LogP contribution in [0.3, 0.4) is 0 Å². The number of fused-ring (bicyclic) bond motifs is 1. The fraction of sp³-hybridized carbons (Fsp3) is 0.190. The van der Waals surface area contributed by atoms with E-state index in [0.717, 1.165) is 21.2 Å². The fourth-order valence-electron chi connectivity index (χ4n) is 2.91. The molecule has 0 atom stereocenters. The summed E-state index contributed by atoms with van der Waals surface area (Å²) in [5.74, 6) is 1.27. The molecule has 0 bridgehead atoms. The Kier molecular flexibility index (Phi) is 6.57. The number of rotatable bonds is 8. The maximum Gasteiger partial charge on any atom is 0.240 e. The molecule has 0 spiro atoms. The molecule has 0 unspecified atom stereocenters. The number of aryl methyl sites for hydroxylation is 1. The zero-order chi connectivity index (χ0) is 21.8. The molecule has 2 aromatic heterocycles. The van der Waals surface area contributed by atoms with E-state index in [2.05, 4.69) is 20.0 Å². The minimum absolute atomic E-state index is 0.190. The second-order valence-electron chi connectivity index (χ2n) is 6.90. The number of aromatic nitrogens is 4. The van der Waals surface area contributed by atoms with Gasteiger partial charge in [0.15, 0.2) is 11.5 Å². The van der Waals surface area contributed by atoms with E-state index in [1.807, 2.05) is 43.3 Å². The standard InChI is InChI=1S/C21H20ClN5O2S2/c1-15-6-8-17(9-7-15)31(28,29)23-13-12-20-25-24-19-10-11-21(26-27(19)20)30-14-16-4-2-3-5-18(16)22/h2-11,23H,12-14H2,1H3. The summed E-state index contributed by atoms with van der Waals surface area (Å²) in [7, 11) is -3.58. The van der Waals surface area contributed by atoms with Gasteiger partial charge in [-0.25, -0.2) is 13.1 Å². The first-order valence-corrected chi connectivity index (χ1v) is 12.4. The van der Waals surface area contributed by atoms with Crippen molar-refractivity contribution in [2.45, 2.75) is 29.0 Å². The minimum Gasteiger partial charge on any atom is -0.211 e. The number of hydrogen-bond donors (Lipinski definition) is 1. The summed E-state index contributed by atoms with van der Waals surface area (Å²) in [5.41, 5.74) is 2.65. The first kappa shape index (κ1) is 21.8. The lowest BCUT2D eigenvalue weighted by molar-refractivity contribution is 0.580. The minimum atomic E-state index is -3.58. The van der Waals surface area contributed by atoms with Crippen LogP contribution in [0.5, 0.6) is 0 Å². The van der Waals surface area contributed by atoms with E-state index in [9.17, 15) is 8.42 Å². The second kappa shape index (κ2) is 9.35. The summed E-state index contributed by atoms with van der Waals surface area (Å²) < 4.78 is 29.2. The molecule has 4 rings (SSSR count). The summed E-state index contributed by atoms with van der Waals surface area (Å²) in [5, 5.41) is 14.4. The molecule has 0 aliphatic carbocycles. The van der Waals surface area contributed by atoms with Crippen LogP contribution in [0.1, 0.15) is 17.0 Å². The van der Waals surface area contributed by atoms with E-state index in [4.69, 9.17) is 11.6 Å². The molecule has 7 nitrogen and oxygen atoms in total. The van der Waals surface area contributed by atoms with Crippen molar-refractivity contribution < 1.29 is 8.42 Å². The molecule has 2 heterocycles. The highest BCUT2D eigenvalue weighted by Crippen LogP contribution is 2.25. The lowest BCUT2D eigenvalue weighted by atomic mass is 10.2. The van der Waals surface area contributed by atoms with Gasteiger partial charge in [-0.1, -0.05) is 59.3 Å². The first-order chi connectivity index (χ1) is 14.9. The van der Waals surface area contributed by atoms with Crippen LogP contribution in [0.15, 0.2) is 70.6 Å². The van der Waals surface area contributed by atoms with Crippen LogP contribution in [-0.4, -0.2) is 34.8 Å². The van der Waals surface area contributed by atoms with Crippen LogP contribution < -0.4 is 4.72 Å². The van der Waals surface area contributed by atoms with E-state index in [0.29, 0.717) is 23.6 Å². The molecule has 10 heteroatoms. The predicted octanol–water partition coefficient (Wildman–Crippen LogP) is 3.90. The average molecular weight is 474 g/mol. The summed E-state index contributed by atoms with van der Waals surface area (Å²) in [6.45, 7) is 2.10. The molecular formula is C21H20ClN5O2S2. The third kappa shape index (κ3) is 5.24. The maximum atomic E-state index is 12.5. The number of halogens is 1. The van der Waals surface area contributed by atoms with Crippen molar-refractivity contribution in [1.82, 2.24) is 24.5 Å². The fourth-order valence-corrected chi connectivity index (χ4v) is 5.09. The Morgan fingerprint density at radius 1 is 1.03 bits per heavy atom. The molecule has 0 aliphatic rings. The molecule has 0 aliphatic heterocycles. The zero-order valence-corrected chi connectivity index (χ0v) is 19.1.